The number of nitro benzene ring substituents is 1. The molecule has 1 amide bonds. The van der Waals surface area contributed by atoms with Gasteiger partial charge in [-0.3, -0.25) is 14.9 Å². The van der Waals surface area contributed by atoms with Crippen molar-refractivity contribution in [3.8, 4) is 0 Å². The van der Waals surface area contributed by atoms with E-state index in [0.29, 0.717) is 0 Å². The molecule has 2 aromatic rings. The highest BCUT2D eigenvalue weighted by atomic mass is 35.5. The van der Waals surface area contributed by atoms with Gasteiger partial charge in [0.2, 0.25) is 0 Å². The van der Waals surface area contributed by atoms with Gasteiger partial charge in [0.15, 0.2) is 9.84 Å². The van der Waals surface area contributed by atoms with Crippen molar-refractivity contribution in [2.24, 2.45) is 0 Å². The lowest BCUT2D eigenvalue weighted by Crippen LogP contribution is -2.13. The van der Waals surface area contributed by atoms with Crippen molar-refractivity contribution in [3.05, 3.63) is 62.1 Å². The molecule has 0 aromatic heterocycles. The van der Waals surface area contributed by atoms with E-state index in [1.165, 1.54) is 30.3 Å². The fourth-order valence-corrected chi connectivity index (χ4v) is 2.82. The van der Waals surface area contributed by atoms with Gasteiger partial charge in [0, 0.05) is 17.9 Å². The molecule has 0 heterocycles. The number of nitrogens with zero attached hydrogens (tertiary/aromatic N) is 1. The molecule has 0 aliphatic carbocycles. The average molecular weight is 389 g/mol. The average Bonchev–Trinajstić information content (AvgIpc) is 2.48. The van der Waals surface area contributed by atoms with Gasteiger partial charge < -0.3 is 5.32 Å². The normalized spacial score (nSPS) is 11.1. The molecule has 0 spiro atoms. The van der Waals surface area contributed by atoms with E-state index < -0.39 is 26.4 Å². The maximum absolute atomic E-state index is 12.2. The summed E-state index contributed by atoms with van der Waals surface area (Å²) in [5.74, 6) is -0.692. The number of halogens is 2. The number of rotatable bonds is 4. The first-order valence-electron chi connectivity index (χ1n) is 6.34. The Morgan fingerprint density at radius 2 is 1.75 bits per heavy atom. The van der Waals surface area contributed by atoms with Gasteiger partial charge in [-0.15, -0.1) is 0 Å². The van der Waals surface area contributed by atoms with Crippen molar-refractivity contribution in [2.75, 3.05) is 11.6 Å². The molecule has 0 unspecified atom stereocenters. The molecule has 0 saturated heterocycles. The van der Waals surface area contributed by atoms with Crippen LogP contribution in [0.25, 0.3) is 0 Å². The van der Waals surface area contributed by atoms with Gasteiger partial charge >= 0.3 is 0 Å². The zero-order chi connectivity index (χ0) is 18.1. The Balaban J connectivity index is 2.37. The monoisotopic (exact) mass is 388 g/mol. The summed E-state index contributed by atoms with van der Waals surface area (Å²) in [6.45, 7) is 0. The van der Waals surface area contributed by atoms with E-state index in [4.69, 9.17) is 23.2 Å². The van der Waals surface area contributed by atoms with Crippen LogP contribution in [-0.2, 0) is 9.84 Å². The summed E-state index contributed by atoms with van der Waals surface area (Å²) in [7, 11) is -3.48. The number of amides is 1. The van der Waals surface area contributed by atoms with E-state index in [0.717, 1.165) is 12.3 Å². The predicted molar refractivity (Wildman–Crippen MR) is 90.6 cm³/mol. The first kappa shape index (κ1) is 18.2. The van der Waals surface area contributed by atoms with E-state index >= 15 is 0 Å². The van der Waals surface area contributed by atoms with E-state index in [2.05, 4.69) is 5.32 Å². The Hall–Kier alpha value is -2.16. The van der Waals surface area contributed by atoms with Gasteiger partial charge in [0.1, 0.15) is 5.02 Å². The lowest BCUT2D eigenvalue weighted by molar-refractivity contribution is -0.384. The van der Waals surface area contributed by atoms with Crippen LogP contribution >= 0.6 is 23.2 Å². The summed E-state index contributed by atoms with van der Waals surface area (Å²) in [4.78, 5) is 22.4. The number of hydrogen-bond acceptors (Lipinski definition) is 5. The molecule has 0 saturated carbocycles. The second-order valence-corrected chi connectivity index (χ2v) is 7.62. The highest BCUT2D eigenvalue weighted by Gasteiger charge is 2.18. The van der Waals surface area contributed by atoms with Crippen LogP contribution in [-0.4, -0.2) is 25.5 Å². The van der Waals surface area contributed by atoms with Crippen LogP contribution in [0.2, 0.25) is 10.0 Å². The summed E-state index contributed by atoms with van der Waals surface area (Å²) in [6.07, 6.45) is 1.02. The number of nitro groups is 1. The van der Waals surface area contributed by atoms with Crippen molar-refractivity contribution < 1.29 is 18.1 Å². The summed E-state index contributed by atoms with van der Waals surface area (Å²) < 4.78 is 23.1. The minimum Gasteiger partial charge on any atom is -0.321 e. The van der Waals surface area contributed by atoms with Gasteiger partial charge in [0.25, 0.3) is 11.6 Å². The molecule has 0 radical (unpaired) electrons. The van der Waals surface area contributed by atoms with Crippen LogP contribution in [0.3, 0.4) is 0 Å². The second-order valence-electron chi connectivity index (χ2n) is 4.79. The maximum atomic E-state index is 12.2. The molecule has 2 rings (SSSR count). The first-order valence-corrected chi connectivity index (χ1v) is 8.99. The van der Waals surface area contributed by atoms with Gasteiger partial charge in [-0.05, 0) is 30.3 Å². The molecule has 10 heteroatoms. The SMILES string of the molecule is CS(=O)(=O)c1ccc(Cl)c(NC(=O)c2ccc(Cl)c([N+](=O)[O-])c2)c1. The molecule has 1 N–H and O–H groups in total. The van der Waals surface area contributed by atoms with E-state index in [-0.39, 0.29) is 26.2 Å². The third-order valence-electron chi connectivity index (χ3n) is 3.02. The zero-order valence-electron chi connectivity index (χ0n) is 12.1. The fraction of sp³-hybridized carbons (Fsp3) is 0.0714. The zero-order valence-corrected chi connectivity index (χ0v) is 14.4. The van der Waals surface area contributed by atoms with Crippen molar-refractivity contribution in [3.63, 3.8) is 0 Å². The molecule has 0 bridgehead atoms. The second kappa shape index (κ2) is 6.76. The third-order valence-corrected chi connectivity index (χ3v) is 4.78. The summed E-state index contributed by atoms with van der Waals surface area (Å²) >= 11 is 11.6. The topological polar surface area (TPSA) is 106 Å². The highest BCUT2D eigenvalue weighted by molar-refractivity contribution is 7.90. The minimum absolute atomic E-state index is 0.0214. The molecule has 126 valence electrons. The Kier molecular flexibility index (Phi) is 5.12. The fourth-order valence-electron chi connectivity index (χ4n) is 1.82. The van der Waals surface area contributed by atoms with Crippen LogP contribution in [0.5, 0.6) is 0 Å². The number of carbonyl (C=O) groups excluding carboxylic acids is 1. The smallest absolute Gasteiger partial charge is 0.288 e. The number of nitrogens with one attached hydrogen (secondary N) is 1. The van der Waals surface area contributed by atoms with Crippen molar-refractivity contribution in [2.45, 2.75) is 4.90 Å². The summed E-state index contributed by atoms with van der Waals surface area (Å²) in [5.41, 5.74) is -0.366. The van der Waals surface area contributed by atoms with Gasteiger partial charge in [-0.2, -0.15) is 0 Å². The van der Waals surface area contributed by atoms with Crippen LogP contribution in [0, 0.1) is 10.1 Å². The van der Waals surface area contributed by atoms with Crippen molar-refractivity contribution >= 4 is 50.3 Å². The third kappa shape index (κ3) is 4.02. The molecule has 0 fully saturated rings. The minimum atomic E-state index is -3.48. The van der Waals surface area contributed by atoms with E-state index in [9.17, 15) is 23.3 Å². The molecule has 0 atom stereocenters. The van der Waals surface area contributed by atoms with E-state index in [1.54, 1.807) is 0 Å². The van der Waals surface area contributed by atoms with Gasteiger partial charge in [-0.25, -0.2) is 8.42 Å². The Bertz CT molecular complexity index is 944. The first-order chi connectivity index (χ1) is 11.1. The molecular formula is C14H10Cl2N2O5S. The number of anilines is 1. The van der Waals surface area contributed by atoms with Crippen LogP contribution in [0.1, 0.15) is 10.4 Å². The standard InChI is InChI=1S/C14H10Cl2N2O5S/c1-24(22,23)9-3-5-10(15)12(7-9)17-14(19)8-2-4-11(16)13(6-8)18(20)21/h2-7H,1H3,(H,17,19). The van der Waals surface area contributed by atoms with Crippen LogP contribution in [0.15, 0.2) is 41.3 Å². The molecule has 7 nitrogen and oxygen atoms in total. The number of carbonyl (C=O) groups is 1. The number of benzene rings is 2. The maximum Gasteiger partial charge on any atom is 0.288 e. The van der Waals surface area contributed by atoms with Gasteiger partial charge in [0.05, 0.1) is 20.5 Å². The quantitative estimate of drug-likeness (QED) is 0.636. The molecule has 24 heavy (non-hydrogen) atoms. The Morgan fingerprint density at radius 1 is 1.12 bits per heavy atom. The van der Waals surface area contributed by atoms with Crippen molar-refractivity contribution in [1.29, 1.82) is 0 Å². The lowest BCUT2D eigenvalue weighted by atomic mass is 10.2. The Morgan fingerprint density at radius 3 is 2.33 bits per heavy atom. The Labute approximate surface area is 147 Å². The molecular weight excluding hydrogens is 379 g/mol. The number of sulfone groups is 1. The molecule has 2 aromatic carbocycles. The van der Waals surface area contributed by atoms with E-state index in [1.807, 2.05) is 0 Å². The summed E-state index contributed by atoms with van der Waals surface area (Å²) in [5, 5.41) is 13.3. The van der Waals surface area contributed by atoms with Crippen LogP contribution < -0.4 is 5.32 Å². The summed E-state index contributed by atoms with van der Waals surface area (Å²) in [6, 6.07) is 7.40. The highest BCUT2D eigenvalue weighted by Crippen LogP contribution is 2.28. The van der Waals surface area contributed by atoms with Crippen LogP contribution in [0.4, 0.5) is 11.4 Å². The van der Waals surface area contributed by atoms with Gasteiger partial charge in [-0.1, -0.05) is 23.2 Å². The number of hydrogen-bond donors (Lipinski definition) is 1. The van der Waals surface area contributed by atoms with Crippen molar-refractivity contribution in [1.82, 2.24) is 0 Å². The molecule has 0 aliphatic rings. The molecule has 0 aliphatic heterocycles. The largest absolute Gasteiger partial charge is 0.321 e. The predicted octanol–water partition coefficient (Wildman–Crippen LogP) is 3.56. The lowest BCUT2D eigenvalue weighted by Gasteiger charge is -2.09.